The first kappa shape index (κ1) is 14.4. The number of rotatable bonds is 2. The zero-order chi connectivity index (χ0) is 14.8. The molecule has 0 spiro atoms. The van der Waals surface area contributed by atoms with Gasteiger partial charge in [-0.15, -0.1) is 0 Å². The van der Waals surface area contributed by atoms with E-state index in [1.54, 1.807) is 0 Å². The van der Waals surface area contributed by atoms with Crippen LogP contribution in [0.15, 0.2) is 24.3 Å². The van der Waals surface area contributed by atoms with Crippen LogP contribution < -0.4 is 5.32 Å². The molecule has 3 unspecified atom stereocenters. The Balaban J connectivity index is 1.68. The highest BCUT2D eigenvalue weighted by molar-refractivity contribution is 5.85. The lowest BCUT2D eigenvalue weighted by Crippen LogP contribution is -2.49. The molecule has 1 aromatic carbocycles. The minimum absolute atomic E-state index is 0.0565. The minimum Gasteiger partial charge on any atom is -0.373 e. The molecule has 1 fully saturated rings. The average Bonchev–Trinajstić information content (AvgIpc) is 2.53. The van der Waals surface area contributed by atoms with Gasteiger partial charge in [-0.3, -0.25) is 4.79 Å². The number of hydrogen-bond donors (Lipinski definition) is 1. The number of anilines is 1. The van der Waals surface area contributed by atoms with E-state index in [1.165, 1.54) is 24.8 Å². The van der Waals surface area contributed by atoms with Crippen molar-refractivity contribution in [2.24, 2.45) is 5.92 Å². The molecule has 21 heavy (non-hydrogen) atoms. The Morgan fingerprint density at radius 1 is 1.19 bits per heavy atom. The largest absolute Gasteiger partial charge is 0.373 e. The molecule has 114 valence electrons. The van der Waals surface area contributed by atoms with Gasteiger partial charge in [-0.2, -0.15) is 0 Å². The van der Waals surface area contributed by atoms with Gasteiger partial charge in [-0.05, 0) is 43.2 Å². The number of carbonyl (C=O) groups is 1. The van der Waals surface area contributed by atoms with E-state index in [9.17, 15) is 4.79 Å². The molecule has 1 aliphatic carbocycles. The Labute approximate surface area is 127 Å². The number of para-hydroxylation sites is 1. The highest BCUT2D eigenvalue weighted by atomic mass is 16.2. The molecule has 3 heteroatoms. The summed E-state index contributed by atoms with van der Waals surface area (Å²) in [4.78, 5) is 14.8. The fraction of sp³-hybridized carbons (Fsp3) is 0.611. The molecule has 1 aliphatic heterocycles. The van der Waals surface area contributed by atoms with Crippen molar-refractivity contribution in [3.05, 3.63) is 29.8 Å². The monoisotopic (exact) mass is 286 g/mol. The summed E-state index contributed by atoms with van der Waals surface area (Å²) in [6.45, 7) is 2.29. The van der Waals surface area contributed by atoms with Crippen LogP contribution in [0, 0.1) is 5.92 Å². The summed E-state index contributed by atoms with van der Waals surface area (Å²) in [7, 11) is 2.00. The van der Waals surface area contributed by atoms with E-state index in [1.807, 2.05) is 18.0 Å². The van der Waals surface area contributed by atoms with Gasteiger partial charge in [0.1, 0.15) is 6.04 Å². The maximum Gasteiger partial charge on any atom is 0.245 e. The molecule has 2 aliphatic rings. The third-order valence-corrected chi connectivity index (χ3v) is 5.26. The van der Waals surface area contributed by atoms with Crippen LogP contribution in [0.2, 0.25) is 0 Å². The van der Waals surface area contributed by atoms with Crippen molar-refractivity contribution in [2.75, 3.05) is 12.4 Å². The van der Waals surface area contributed by atoms with Crippen LogP contribution in [0.25, 0.3) is 0 Å². The van der Waals surface area contributed by atoms with Crippen molar-refractivity contribution in [2.45, 2.75) is 57.5 Å². The van der Waals surface area contributed by atoms with Gasteiger partial charge in [-0.1, -0.05) is 38.0 Å². The van der Waals surface area contributed by atoms with Gasteiger partial charge in [0.2, 0.25) is 5.91 Å². The fourth-order valence-electron chi connectivity index (χ4n) is 3.91. The van der Waals surface area contributed by atoms with Gasteiger partial charge in [0.25, 0.3) is 0 Å². The summed E-state index contributed by atoms with van der Waals surface area (Å²) in [6, 6.07) is 8.70. The highest BCUT2D eigenvalue weighted by Crippen LogP contribution is 2.30. The van der Waals surface area contributed by atoms with Gasteiger partial charge in [-0.25, -0.2) is 0 Å². The van der Waals surface area contributed by atoms with E-state index in [-0.39, 0.29) is 11.9 Å². The third kappa shape index (κ3) is 2.92. The summed E-state index contributed by atoms with van der Waals surface area (Å²) < 4.78 is 0. The van der Waals surface area contributed by atoms with Crippen LogP contribution >= 0.6 is 0 Å². The summed E-state index contributed by atoms with van der Waals surface area (Å²) in [5, 5.41) is 3.44. The number of benzene rings is 1. The van der Waals surface area contributed by atoms with E-state index < -0.39 is 0 Å². The molecular formula is C18H26N2O. The van der Waals surface area contributed by atoms with Gasteiger partial charge in [0.15, 0.2) is 0 Å². The van der Waals surface area contributed by atoms with Crippen molar-refractivity contribution in [1.82, 2.24) is 4.90 Å². The van der Waals surface area contributed by atoms with Gasteiger partial charge in [0.05, 0.1) is 0 Å². The van der Waals surface area contributed by atoms with Gasteiger partial charge >= 0.3 is 0 Å². The summed E-state index contributed by atoms with van der Waals surface area (Å²) >= 11 is 0. The molecule has 1 saturated carbocycles. The first-order chi connectivity index (χ1) is 10.2. The lowest BCUT2D eigenvalue weighted by Gasteiger charge is -2.39. The number of amides is 1. The smallest absolute Gasteiger partial charge is 0.245 e. The Hall–Kier alpha value is -1.51. The van der Waals surface area contributed by atoms with Crippen molar-refractivity contribution in [3.8, 4) is 0 Å². The van der Waals surface area contributed by atoms with Crippen LogP contribution in [0.1, 0.15) is 44.6 Å². The molecule has 1 aromatic rings. The standard InChI is InChI=1S/C18H26N2O/c1-13-7-3-6-10-17(13)20(2)18(21)16-12-11-14-8-4-5-9-15(14)19-16/h4-5,8-9,13,16-17,19H,3,6-7,10-12H2,1-2H3. The summed E-state index contributed by atoms with van der Waals surface area (Å²) in [5.74, 6) is 0.895. The van der Waals surface area contributed by atoms with E-state index in [4.69, 9.17) is 0 Å². The average molecular weight is 286 g/mol. The van der Waals surface area contributed by atoms with E-state index in [0.29, 0.717) is 12.0 Å². The van der Waals surface area contributed by atoms with E-state index in [0.717, 1.165) is 24.9 Å². The quantitative estimate of drug-likeness (QED) is 0.903. The first-order valence-corrected chi connectivity index (χ1v) is 8.28. The number of carbonyl (C=O) groups excluding carboxylic acids is 1. The summed E-state index contributed by atoms with van der Waals surface area (Å²) in [5.41, 5.74) is 2.46. The molecule has 1 N–H and O–H groups in total. The number of nitrogens with zero attached hydrogens (tertiary/aromatic N) is 1. The van der Waals surface area contributed by atoms with Crippen LogP contribution in [0.3, 0.4) is 0 Å². The number of likely N-dealkylation sites (N-methyl/N-ethyl adjacent to an activating group) is 1. The van der Waals surface area contributed by atoms with E-state index >= 15 is 0 Å². The molecule has 0 bridgehead atoms. The van der Waals surface area contributed by atoms with Crippen LogP contribution in [-0.4, -0.2) is 29.9 Å². The number of aryl methyl sites for hydroxylation is 1. The Kier molecular flexibility index (Phi) is 4.18. The number of hydrogen-bond acceptors (Lipinski definition) is 2. The first-order valence-electron chi connectivity index (χ1n) is 8.28. The second kappa shape index (κ2) is 6.08. The Morgan fingerprint density at radius 2 is 1.95 bits per heavy atom. The maximum atomic E-state index is 12.8. The normalized spacial score (nSPS) is 28.4. The van der Waals surface area contributed by atoms with Gasteiger partial charge in [0, 0.05) is 18.8 Å². The van der Waals surface area contributed by atoms with Crippen molar-refractivity contribution in [1.29, 1.82) is 0 Å². The summed E-state index contributed by atoms with van der Waals surface area (Å²) in [6.07, 6.45) is 6.88. The van der Waals surface area contributed by atoms with Gasteiger partial charge < -0.3 is 10.2 Å². The predicted octanol–water partition coefficient (Wildman–Crippen LogP) is 3.45. The van der Waals surface area contributed by atoms with Crippen molar-refractivity contribution >= 4 is 11.6 Å². The molecule has 0 aromatic heterocycles. The Morgan fingerprint density at radius 3 is 2.76 bits per heavy atom. The lowest BCUT2D eigenvalue weighted by molar-refractivity contribution is -0.134. The molecular weight excluding hydrogens is 260 g/mol. The van der Waals surface area contributed by atoms with Crippen molar-refractivity contribution in [3.63, 3.8) is 0 Å². The molecule has 0 radical (unpaired) electrons. The number of nitrogens with one attached hydrogen (secondary N) is 1. The van der Waals surface area contributed by atoms with Crippen LogP contribution in [0.5, 0.6) is 0 Å². The highest BCUT2D eigenvalue weighted by Gasteiger charge is 2.32. The SMILES string of the molecule is CC1CCCCC1N(C)C(=O)C1CCc2ccccc2N1. The minimum atomic E-state index is -0.0565. The maximum absolute atomic E-state index is 12.8. The third-order valence-electron chi connectivity index (χ3n) is 5.26. The number of fused-ring (bicyclic) bond motifs is 1. The Bertz CT molecular complexity index is 514. The molecule has 3 nitrogen and oxygen atoms in total. The topological polar surface area (TPSA) is 32.3 Å². The predicted molar refractivity (Wildman–Crippen MR) is 86.4 cm³/mol. The zero-order valence-corrected chi connectivity index (χ0v) is 13.1. The molecule has 3 atom stereocenters. The zero-order valence-electron chi connectivity index (χ0n) is 13.1. The lowest BCUT2D eigenvalue weighted by atomic mass is 9.84. The van der Waals surface area contributed by atoms with Crippen molar-refractivity contribution < 1.29 is 4.79 Å². The van der Waals surface area contributed by atoms with Crippen LogP contribution in [-0.2, 0) is 11.2 Å². The molecule has 1 amide bonds. The molecule has 0 saturated heterocycles. The second-order valence-electron chi connectivity index (χ2n) is 6.67. The molecule has 1 heterocycles. The van der Waals surface area contributed by atoms with Crippen LogP contribution in [0.4, 0.5) is 5.69 Å². The van der Waals surface area contributed by atoms with E-state index in [2.05, 4.69) is 30.4 Å². The second-order valence-corrected chi connectivity index (χ2v) is 6.67. The molecule has 3 rings (SSSR count). The fourth-order valence-corrected chi connectivity index (χ4v) is 3.91.